The van der Waals surface area contributed by atoms with Crippen molar-refractivity contribution in [1.29, 1.82) is 0 Å². The minimum absolute atomic E-state index is 0.0315. The number of aromatic nitrogens is 1. The number of carbonyl (C=O) groups is 3. The predicted octanol–water partition coefficient (Wildman–Crippen LogP) is 4.41. The van der Waals surface area contributed by atoms with Crippen molar-refractivity contribution in [3.05, 3.63) is 53.6 Å². The summed E-state index contributed by atoms with van der Waals surface area (Å²) in [5.41, 5.74) is 2.70. The molecule has 2 aliphatic heterocycles. The number of benzene rings is 1. The van der Waals surface area contributed by atoms with Crippen molar-refractivity contribution in [3.63, 3.8) is 0 Å². The smallest absolute Gasteiger partial charge is 0.331 e. The van der Waals surface area contributed by atoms with Gasteiger partial charge in [-0.2, -0.15) is 0 Å². The second kappa shape index (κ2) is 10.3. The SMILES string of the molecule is C=CC(=O)N[C@H]1CCC[C@H]1NC(=O)c1sc2nccc3c2c1NC(=O)N3c1ccc(OC2CCOC2)cc1C. The Bertz CT molecular complexity index is 1480. The van der Waals surface area contributed by atoms with Gasteiger partial charge in [0.2, 0.25) is 5.91 Å². The first-order valence-corrected chi connectivity index (χ1v) is 13.9. The highest BCUT2D eigenvalue weighted by atomic mass is 32.1. The van der Waals surface area contributed by atoms with E-state index in [2.05, 4.69) is 27.5 Å². The van der Waals surface area contributed by atoms with Gasteiger partial charge in [-0.15, -0.1) is 11.3 Å². The predicted molar refractivity (Wildman–Crippen MR) is 149 cm³/mol. The number of thiophene rings is 1. The molecule has 1 aromatic carbocycles. The Kier molecular flexibility index (Phi) is 6.69. The van der Waals surface area contributed by atoms with Gasteiger partial charge in [-0.05, 0) is 62.1 Å². The summed E-state index contributed by atoms with van der Waals surface area (Å²) in [6.45, 7) is 6.71. The number of nitrogens with one attached hydrogen (secondary N) is 3. The number of aryl methyl sites for hydroxylation is 1. The molecule has 1 unspecified atom stereocenters. The summed E-state index contributed by atoms with van der Waals surface area (Å²) >= 11 is 1.24. The molecule has 4 amide bonds. The van der Waals surface area contributed by atoms with E-state index in [0.717, 1.165) is 42.4 Å². The number of anilines is 3. The first-order chi connectivity index (χ1) is 18.9. The standard InChI is InChI=1S/C28H29N5O5S/c1-3-22(34)30-18-5-4-6-19(18)31-26(35)25-24-23-21(9-11-29-27(23)39-25)33(28(36)32-24)20-8-7-16(13-15(20)2)38-17-10-12-37-14-17/h3,7-9,11,13,17-19H,1,4-6,10,12,14H2,2H3,(H,30,34)(H,31,35)(H,32,36)/t17?,18-,19+/m0/s1. The molecule has 3 aromatic rings. The summed E-state index contributed by atoms with van der Waals surface area (Å²) in [4.78, 5) is 45.9. The van der Waals surface area contributed by atoms with Crippen LogP contribution < -0.4 is 25.6 Å². The summed E-state index contributed by atoms with van der Waals surface area (Å²) in [7, 11) is 0. The minimum Gasteiger partial charge on any atom is -0.488 e. The maximum atomic E-state index is 13.5. The van der Waals surface area contributed by atoms with E-state index < -0.39 is 0 Å². The van der Waals surface area contributed by atoms with Crippen LogP contribution in [-0.2, 0) is 9.53 Å². The molecule has 1 saturated heterocycles. The lowest BCUT2D eigenvalue weighted by Crippen LogP contribution is -2.48. The van der Waals surface area contributed by atoms with E-state index in [-0.39, 0.29) is 36.0 Å². The van der Waals surface area contributed by atoms with Gasteiger partial charge in [0.15, 0.2) is 0 Å². The molecule has 4 heterocycles. The Morgan fingerprint density at radius 2 is 2.03 bits per heavy atom. The van der Waals surface area contributed by atoms with Gasteiger partial charge in [0, 0.05) is 24.7 Å². The molecule has 3 aliphatic rings. The molecule has 202 valence electrons. The van der Waals surface area contributed by atoms with Crippen molar-refractivity contribution in [2.45, 2.75) is 50.8 Å². The van der Waals surface area contributed by atoms with Crippen LogP contribution in [0.1, 0.15) is 40.9 Å². The van der Waals surface area contributed by atoms with Crippen LogP contribution in [0.25, 0.3) is 10.2 Å². The molecule has 3 N–H and O–H groups in total. The Morgan fingerprint density at radius 3 is 2.77 bits per heavy atom. The number of hydrogen-bond acceptors (Lipinski definition) is 7. The average molecular weight is 548 g/mol. The zero-order valence-electron chi connectivity index (χ0n) is 21.5. The van der Waals surface area contributed by atoms with Crippen LogP contribution in [0.3, 0.4) is 0 Å². The number of urea groups is 1. The fourth-order valence-electron chi connectivity index (χ4n) is 5.52. The van der Waals surface area contributed by atoms with Gasteiger partial charge in [-0.3, -0.25) is 14.5 Å². The molecule has 0 bridgehead atoms. The Hall–Kier alpha value is -3.96. The van der Waals surface area contributed by atoms with Crippen LogP contribution in [-0.4, -0.2) is 54.2 Å². The maximum Gasteiger partial charge on any atom is 0.331 e. The van der Waals surface area contributed by atoms with E-state index >= 15 is 0 Å². The molecule has 10 nitrogen and oxygen atoms in total. The van der Waals surface area contributed by atoms with Crippen LogP contribution >= 0.6 is 11.3 Å². The highest BCUT2D eigenvalue weighted by Gasteiger charge is 2.35. The van der Waals surface area contributed by atoms with Crippen LogP contribution in [0.2, 0.25) is 0 Å². The molecule has 2 fully saturated rings. The van der Waals surface area contributed by atoms with E-state index in [4.69, 9.17) is 9.47 Å². The summed E-state index contributed by atoms with van der Waals surface area (Å²) in [5.74, 6) is 0.168. The summed E-state index contributed by atoms with van der Waals surface area (Å²) in [6.07, 6.45) is 6.19. The number of carbonyl (C=O) groups excluding carboxylic acids is 3. The lowest BCUT2D eigenvalue weighted by Gasteiger charge is -2.30. The number of pyridine rings is 1. The molecule has 0 radical (unpaired) electrons. The first-order valence-electron chi connectivity index (χ1n) is 13.0. The first kappa shape index (κ1) is 25.3. The van der Waals surface area contributed by atoms with E-state index in [1.807, 2.05) is 25.1 Å². The Labute approximate surface area is 229 Å². The van der Waals surface area contributed by atoms with Crippen LogP contribution in [0.15, 0.2) is 43.1 Å². The third-order valence-electron chi connectivity index (χ3n) is 7.40. The van der Waals surface area contributed by atoms with Gasteiger partial charge in [-0.1, -0.05) is 6.58 Å². The lowest BCUT2D eigenvalue weighted by molar-refractivity contribution is -0.117. The minimum atomic E-state index is -0.361. The topological polar surface area (TPSA) is 122 Å². The molecule has 1 saturated carbocycles. The third-order valence-corrected chi connectivity index (χ3v) is 8.49. The molecule has 11 heteroatoms. The molecule has 3 atom stereocenters. The van der Waals surface area contributed by atoms with E-state index in [9.17, 15) is 14.4 Å². The van der Waals surface area contributed by atoms with Crippen molar-refractivity contribution >= 4 is 56.5 Å². The second-order valence-electron chi connectivity index (χ2n) is 9.96. The number of hydrogen-bond donors (Lipinski definition) is 3. The van der Waals surface area contributed by atoms with Crippen molar-refractivity contribution < 1.29 is 23.9 Å². The number of nitrogens with zero attached hydrogens (tertiary/aromatic N) is 2. The van der Waals surface area contributed by atoms with Crippen molar-refractivity contribution in [2.75, 3.05) is 23.4 Å². The van der Waals surface area contributed by atoms with Gasteiger partial charge in [0.1, 0.15) is 21.6 Å². The van der Waals surface area contributed by atoms with Gasteiger partial charge in [0.05, 0.1) is 35.7 Å². The molecule has 0 spiro atoms. The van der Waals surface area contributed by atoms with Gasteiger partial charge in [0.25, 0.3) is 5.91 Å². The quantitative estimate of drug-likeness (QED) is 0.377. The highest BCUT2D eigenvalue weighted by molar-refractivity contribution is 7.21. The molecule has 6 rings (SSSR count). The zero-order chi connectivity index (χ0) is 27.1. The summed E-state index contributed by atoms with van der Waals surface area (Å²) in [5, 5.41) is 9.63. The van der Waals surface area contributed by atoms with E-state index in [1.165, 1.54) is 17.4 Å². The normalized spacial score (nSPS) is 22.0. The number of rotatable bonds is 7. The van der Waals surface area contributed by atoms with Crippen LogP contribution in [0.5, 0.6) is 5.75 Å². The average Bonchev–Trinajstić information content (AvgIpc) is 3.67. The van der Waals surface area contributed by atoms with Crippen LogP contribution in [0, 0.1) is 6.92 Å². The van der Waals surface area contributed by atoms with Gasteiger partial charge in [-0.25, -0.2) is 9.78 Å². The second-order valence-corrected chi connectivity index (χ2v) is 11.0. The van der Waals surface area contributed by atoms with Gasteiger partial charge < -0.3 is 25.4 Å². The van der Waals surface area contributed by atoms with Gasteiger partial charge >= 0.3 is 6.03 Å². The summed E-state index contributed by atoms with van der Waals surface area (Å²) in [6, 6.07) is 6.70. The fourth-order valence-corrected chi connectivity index (χ4v) is 6.54. The monoisotopic (exact) mass is 547 g/mol. The van der Waals surface area contributed by atoms with Crippen molar-refractivity contribution in [3.8, 4) is 5.75 Å². The molecular weight excluding hydrogens is 518 g/mol. The lowest BCUT2D eigenvalue weighted by atomic mass is 10.1. The Balaban J connectivity index is 1.29. The third kappa shape index (κ3) is 4.72. The van der Waals surface area contributed by atoms with E-state index in [0.29, 0.717) is 40.0 Å². The largest absolute Gasteiger partial charge is 0.488 e. The molecule has 39 heavy (non-hydrogen) atoms. The zero-order valence-corrected chi connectivity index (χ0v) is 22.3. The maximum absolute atomic E-state index is 13.5. The molecule has 1 aliphatic carbocycles. The fraction of sp³-hybridized carbons (Fsp3) is 0.357. The molecule has 2 aromatic heterocycles. The highest BCUT2D eigenvalue weighted by Crippen LogP contribution is 2.46. The summed E-state index contributed by atoms with van der Waals surface area (Å²) < 4.78 is 11.4. The Morgan fingerprint density at radius 1 is 1.21 bits per heavy atom. The van der Waals surface area contributed by atoms with Crippen LogP contribution in [0.4, 0.5) is 21.9 Å². The van der Waals surface area contributed by atoms with E-state index in [1.54, 1.807) is 17.2 Å². The molecular formula is C28H29N5O5S. The number of ether oxygens (including phenoxy) is 2. The van der Waals surface area contributed by atoms with Crippen molar-refractivity contribution in [2.24, 2.45) is 0 Å². The number of amides is 4. The van der Waals surface area contributed by atoms with Crippen molar-refractivity contribution in [1.82, 2.24) is 15.6 Å².